The fourth-order valence-corrected chi connectivity index (χ4v) is 1.64. The molecular weight excluding hydrogens is 291 g/mol. The van der Waals surface area contributed by atoms with Gasteiger partial charge in [0.15, 0.2) is 0 Å². The van der Waals surface area contributed by atoms with Gasteiger partial charge in [0.05, 0.1) is 10.9 Å². The number of aliphatic hydroxyl groups is 1. The lowest BCUT2D eigenvalue weighted by atomic mass is 10.3. The van der Waals surface area contributed by atoms with Crippen LogP contribution in [0.1, 0.15) is 0 Å². The van der Waals surface area contributed by atoms with E-state index in [1.54, 1.807) is 12.1 Å². The van der Waals surface area contributed by atoms with E-state index in [0.717, 1.165) is 4.47 Å². The molecule has 0 bridgehead atoms. The normalized spacial score (nSPS) is 12.6. The summed E-state index contributed by atoms with van der Waals surface area (Å²) in [5.41, 5.74) is 0. The summed E-state index contributed by atoms with van der Waals surface area (Å²) in [6.07, 6.45) is -0.670. The maximum absolute atomic E-state index is 9.16. The molecule has 0 amide bonds. The van der Waals surface area contributed by atoms with Crippen LogP contribution < -0.4 is 4.74 Å². The van der Waals surface area contributed by atoms with Crippen LogP contribution in [0.5, 0.6) is 5.75 Å². The molecule has 0 aromatic heterocycles. The summed E-state index contributed by atoms with van der Waals surface area (Å²) in [6.45, 7) is 0.144. The third-order valence-electron chi connectivity index (χ3n) is 1.50. The van der Waals surface area contributed by atoms with Crippen molar-refractivity contribution in [2.24, 2.45) is 0 Å². The summed E-state index contributed by atoms with van der Waals surface area (Å²) in [5, 5.41) is 9.66. The predicted octanol–water partition coefficient (Wildman–Crippen LogP) is 3.08. The van der Waals surface area contributed by atoms with Crippen LogP contribution in [0.2, 0.25) is 5.02 Å². The van der Waals surface area contributed by atoms with E-state index in [1.807, 2.05) is 6.07 Å². The maximum Gasteiger partial charge on any atom is 0.138 e. The molecule has 5 heteroatoms. The molecular formula is C9H9BrCl2O2. The van der Waals surface area contributed by atoms with Gasteiger partial charge < -0.3 is 9.84 Å². The minimum Gasteiger partial charge on any atom is -0.489 e. The average molecular weight is 300 g/mol. The Kier molecular flexibility index (Phi) is 5.02. The third kappa shape index (κ3) is 3.65. The Morgan fingerprint density at radius 1 is 1.50 bits per heavy atom. The Hall–Kier alpha value is 0.0400. The van der Waals surface area contributed by atoms with Gasteiger partial charge in [-0.3, -0.25) is 0 Å². The zero-order valence-electron chi connectivity index (χ0n) is 7.21. The van der Waals surface area contributed by atoms with Gasteiger partial charge in [0.1, 0.15) is 18.5 Å². The van der Waals surface area contributed by atoms with Crippen molar-refractivity contribution in [3.05, 3.63) is 27.7 Å². The highest BCUT2D eigenvalue weighted by molar-refractivity contribution is 9.10. The molecule has 78 valence electrons. The van der Waals surface area contributed by atoms with E-state index in [2.05, 4.69) is 15.9 Å². The van der Waals surface area contributed by atoms with E-state index in [-0.39, 0.29) is 12.5 Å². The molecule has 0 spiro atoms. The Balaban J connectivity index is 2.59. The van der Waals surface area contributed by atoms with Crippen molar-refractivity contribution in [1.82, 2.24) is 0 Å². The van der Waals surface area contributed by atoms with Crippen LogP contribution >= 0.6 is 39.1 Å². The SMILES string of the molecule is OC(CCl)COc1ccc(Br)cc1Cl. The van der Waals surface area contributed by atoms with E-state index in [9.17, 15) is 0 Å². The summed E-state index contributed by atoms with van der Waals surface area (Å²) in [4.78, 5) is 0. The molecule has 14 heavy (non-hydrogen) atoms. The Bertz CT molecular complexity index is 307. The van der Waals surface area contributed by atoms with Crippen LogP contribution in [0.4, 0.5) is 0 Å². The number of benzene rings is 1. The van der Waals surface area contributed by atoms with Gasteiger partial charge in [-0.25, -0.2) is 0 Å². The lowest BCUT2D eigenvalue weighted by Gasteiger charge is -2.10. The van der Waals surface area contributed by atoms with Crippen LogP contribution in [0.3, 0.4) is 0 Å². The lowest BCUT2D eigenvalue weighted by molar-refractivity contribution is 0.125. The van der Waals surface area contributed by atoms with Gasteiger partial charge in [-0.05, 0) is 18.2 Å². The molecule has 0 saturated heterocycles. The lowest BCUT2D eigenvalue weighted by Crippen LogP contribution is -2.18. The molecule has 0 aliphatic carbocycles. The minimum absolute atomic E-state index is 0.144. The van der Waals surface area contributed by atoms with Gasteiger partial charge in [-0.2, -0.15) is 0 Å². The van der Waals surface area contributed by atoms with Gasteiger partial charge in [-0.15, -0.1) is 11.6 Å². The van der Waals surface area contributed by atoms with Crippen LogP contribution in [-0.4, -0.2) is 23.7 Å². The molecule has 0 aliphatic rings. The topological polar surface area (TPSA) is 29.5 Å². The van der Waals surface area contributed by atoms with Crippen molar-refractivity contribution in [2.45, 2.75) is 6.10 Å². The van der Waals surface area contributed by atoms with E-state index < -0.39 is 6.10 Å². The molecule has 0 fully saturated rings. The molecule has 2 nitrogen and oxygen atoms in total. The molecule has 1 N–H and O–H groups in total. The fourth-order valence-electron chi connectivity index (χ4n) is 0.823. The van der Waals surface area contributed by atoms with Crippen molar-refractivity contribution < 1.29 is 9.84 Å². The first-order valence-electron chi connectivity index (χ1n) is 3.95. The van der Waals surface area contributed by atoms with Crippen LogP contribution in [0.25, 0.3) is 0 Å². The van der Waals surface area contributed by atoms with Gasteiger partial charge in [0.25, 0.3) is 0 Å². The zero-order chi connectivity index (χ0) is 10.6. The molecule has 0 heterocycles. The van der Waals surface area contributed by atoms with Crippen LogP contribution in [0.15, 0.2) is 22.7 Å². The summed E-state index contributed by atoms with van der Waals surface area (Å²) in [5.74, 6) is 0.688. The summed E-state index contributed by atoms with van der Waals surface area (Å²) < 4.78 is 6.14. The fraction of sp³-hybridized carbons (Fsp3) is 0.333. The first-order valence-corrected chi connectivity index (χ1v) is 5.66. The summed E-state index contributed by atoms with van der Waals surface area (Å²) in [7, 11) is 0. The molecule has 1 aromatic rings. The van der Waals surface area contributed by atoms with Gasteiger partial charge in [0, 0.05) is 4.47 Å². The molecule has 1 rings (SSSR count). The third-order valence-corrected chi connectivity index (χ3v) is 2.65. The number of ether oxygens (including phenoxy) is 1. The standard InChI is InChI=1S/C9H9BrCl2O2/c10-6-1-2-9(8(12)3-6)14-5-7(13)4-11/h1-3,7,13H,4-5H2. The number of halogens is 3. The van der Waals surface area contributed by atoms with Gasteiger partial charge >= 0.3 is 0 Å². The molecule has 1 unspecified atom stereocenters. The maximum atomic E-state index is 9.16. The first-order chi connectivity index (χ1) is 6.63. The highest BCUT2D eigenvalue weighted by Crippen LogP contribution is 2.27. The smallest absolute Gasteiger partial charge is 0.138 e. The number of rotatable bonds is 4. The van der Waals surface area contributed by atoms with Crippen molar-refractivity contribution in [3.63, 3.8) is 0 Å². The van der Waals surface area contributed by atoms with E-state index in [1.165, 1.54) is 0 Å². The number of hydrogen-bond acceptors (Lipinski definition) is 2. The highest BCUT2D eigenvalue weighted by Gasteiger charge is 2.06. The van der Waals surface area contributed by atoms with E-state index in [0.29, 0.717) is 10.8 Å². The average Bonchev–Trinajstić information content (AvgIpc) is 2.16. The second kappa shape index (κ2) is 5.81. The quantitative estimate of drug-likeness (QED) is 0.866. The van der Waals surface area contributed by atoms with Crippen molar-refractivity contribution in [2.75, 3.05) is 12.5 Å². The zero-order valence-corrected chi connectivity index (χ0v) is 10.3. The Morgan fingerprint density at radius 3 is 2.79 bits per heavy atom. The number of aliphatic hydroxyl groups excluding tert-OH is 1. The molecule has 0 aliphatic heterocycles. The Labute approximate surface area is 101 Å². The predicted molar refractivity (Wildman–Crippen MR) is 61.4 cm³/mol. The van der Waals surface area contributed by atoms with E-state index >= 15 is 0 Å². The van der Waals surface area contributed by atoms with Gasteiger partial charge in [-0.1, -0.05) is 27.5 Å². The monoisotopic (exact) mass is 298 g/mol. The van der Waals surface area contributed by atoms with Gasteiger partial charge in [0.2, 0.25) is 0 Å². The Morgan fingerprint density at radius 2 is 2.21 bits per heavy atom. The molecule has 0 radical (unpaired) electrons. The first kappa shape index (κ1) is 12.1. The second-order valence-electron chi connectivity index (χ2n) is 2.69. The molecule has 1 aromatic carbocycles. The largest absolute Gasteiger partial charge is 0.489 e. The van der Waals surface area contributed by atoms with Crippen molar-refractivity contribution in [3.8, 4) is 5.75 Å². The van der Waals surface area contributed by atoms with Crippen molar-refractivity contribution in [1.29, 1.82) is 0 Å². The summed E-state index contributed by atoms with van der Waals surface area (Å²) >= 11 is 14.6. The van der Waals surface area contributed by atoms with E-state index in [4.69, 9.17) is 33.0 Å². The minimum atomic E-state index is -0.670. The highest BCUT2D eigenvalue weighted by atomic mass is 79.9. The molecule has 0 saturated carbocycles. The molecule has 1 atom stereocenters. The second-order valence-corrected chi connectivity index (χ2v) is 4.33. The number of hydrogen-bond donors (Lipinski definition) is 1. The van der Waals surface area contributed by atoms with Crippen LogP contribution in [-0.2, 0) is 0 Å². The summed E-state index contributed by atoms with van der Waals surface area (Å²) in [6, 6.07) is 5.27. The van der Waals surface area contributed by atoms with Crippen LogP contribution in [0, 0.1) is 0 Å². The number of alkyl halides is 1. The van der Waals surface area contributed by atoms with Crippen molar-refractivity contribution >= 4 is 39.1 Å².